The minimum Gasteiger partial charge on any atom is -0.399 e. The van der Waals surface area contributed by atoms with Crippen LogP contribution in [0.4, 0.5) is 5.69 Å². The minimum atomic E-state index is -2.16. The SMILES string of the molecule is CCC(C)(Cc1ccc(N)cc1)[P+](=O)O. The highest BCUT2D eigenvalue weighted by atomic mass is 31.1. The summed E-state index contributed by atoms with van der Waals surface area (Å²) in [5, 5.41) is -0.536. The molecular weight excluding hydrogens is 209 g/mol. The first kappa shape index (κ1) is 12.2. The molecule has 0 aliphatic carbocycles. The van der Waals surface area contributed by atoms with Crippen molar-refractivity contribution in [2.24, 2.45) is 0 Å². The Hall–Kier alpha value is -0.920. The van der Waals surface area contributed by atoms with Gasteiger partial charge in [-0.1, -0.05) is 19.1 Å². The molecule has 4 heteroatoms. The van der Waals surface area contributed by atoms with Crippen LogP contribution in [-0.4, -0.2) is 10.0 Å². The van der Waals surface area contributed by atoms with Crippen molar-refractivity contribution in [2.75, 3.05) is 5.73 Å². The lowest BCUT2D eigenvalue weighted by Crippen LogP contribution is -2.21. The quantitative estimate of drug-likeness (QED) is 0.612. The summed E-state index contributed by atoms with van der Waals surface area (Å²) in [6.07, 6.45) is 1.29. The highest BCUT2D eigenvalue weighted by Gasteiger charge is 2.42. The lowest BCUT2D eigenvalue weighted by Gasteiger charge is -2.14. The molecule has 0 spiro atoms. The van der Waals surface area contributed by atoms with Crippen LogP contribution in [0.2, 0.25) is 0 Å². The fourth-order valence-electron chi connectivity index (χ4n) is 1.40. The fraction of sp³-hybridized carbons (Fsp3) is 0.455. The third-order valence-corrected chi connectivity index (χ3v) is 4.19. The summed E-state index contributed by atoms with van der Waals surface area (Å²) < 4.78 is 11.2. The summed E-state index contributed by atoms with van der Waals surface area (Å²) in [7, 11) is -2.16. The molecule has 0 saturated carbocycles. The first-order valence-electron chi connectivity index (χ1n) is 4.98. The molecule has 3 nitrogen and oxygen atoms in total. The average molecular weight is 226 g/mol. The Kier molecular flexibility index (Phi) is 3.83. The average Bonchev–Trinajstić information content (AvgIpc) is 2.21. The molecule has 1 aromatic carbocycles. The van der Waals surface area contributed by atoms with E-state index in [4.69, 9.17) is 5.73 Å². The van der Waals surface area contributed by atoms with Crippen molar-refractivity contribution in [1.29, 1.82) is 0 Å². The lowest BCUT2D eigenvalue weighted by atomic mass is 9.98. The molecule has 0 saturated heterocycles. The highest BCUT2D eigenvalue weighted by Crippen LogP contribution is 2.40. The summed E-state index contributed by atoms with van der Waals surface area (Å²) >= 11 is 0. The van der Waals surface area contributed by atoms with Gasteiger partial charge in [-0.05, 0) is 35.6 Å². The Morgan fingerprint density at radius 1 is 1.40 bits per heavy atom. The minimum absolute atomic E-state index is 0.536. The number of hydrogen-bond donors (Lipinski definition) is 2. The topological polar surface area (TPSA) is 63.3 Å². The first-order valence-corrected chi connectivity index (χ1v) is 6.20. The summed E-state index contributed by atoms with van der Waals surface area (Å²) in [6, 6.07) is 7.44. The van der Waals surface area contributed by atoms with Crippen LogP contribution in [0.25, 0.3) is 0 Å². The predicted octanol–water partition coefficient (Wildman–Crippen LogP) is 2.71. The van der Waals surface area contributed by atoms with Crippen molar-refractivity contribution in [3.05, 3.63) is 29.8 Å². The van der Waals surface area contributed by atoms with Gasteiger partial charge in [0, 0.05) is 12.1 Å². The van der Waals surface area contributed by atoms with Gasteiger partial charge in [0.15, 0.2) is 5.16 Å². The van der Waals surface area contributed by atoms with Gasteiger partial charge in [-0.15, -0.1) is 0 Å². The van der Waals surface area contributed by atoms with Gasteiger partial charge in [0.2, 0.25) is 0 Å². The zero-order valence-electron chi connectivity index (χ0n) is 9.10. The molecule has 0 bridgehead atoms. The molecule has 15 heavy (non-hydrogen) atoms. The van der Waals surface area contributed by atoms with Gasteiger partial charge >= 0.3 is 8.03 Å². The van der Waals surface area contributed by atoms with E-state index in [1.54, 1.807) is 0 Å². The van der Waals surface area contributed by atoms with E-state index in [0.717, 1.165) is 5.56 Å². The van der Waals surface area contributed by atoms with Gasteiger partial charge in [0.05, 0.1) is 0 Å². The van der Waals surface area contributed by atoms with Crippen molar-refractivity contribution in [2.45, 2.75) is 31.8 Å². The normalized spacial score (nSPS) is 15.8. The Morgan fingerprint density at radius 2 is 1.93 bits per heavy atom. The number of hydrogen-bond acceptors (Lipinski definition) is 2. The summed E-state index contributed by atoms with van der Waals surface area (Å²) in [6.45, 7) is 3.77. The smallest absolute Gasteiger partial charge is 0.399 e. The van der Waals surface area contributed by atoms with Crippen LogP contribution >= 0.6 is 8.03 Å². The van der Waals surface area contributed by atoms with Crippen molar-refractivity contribution in [3.63, 3.8) is 0 Å². The molecule has 1 aromatic rings. The Labute approximate surface area is 91.2 Å². The van der Waals surface area contributed by atoms with Gasteiger partial charge in [-0.2, -0.15) is 4.89 Å². The van der Waals surface area contributed by atoms with E-state index in [9.17, 15) is 9.46 Å². The van der Waals surface area contributed by atoms with Gasteiger partial charge in [0.25, 0.3) is 0 Å². The van der Waals surface area contributed by atoms with Gasteiger partial charge in [-0.3, -0.25) is 0 Å². The van der Waals surface area contributed by atoms with E-state index in [-0.39, 0.29) is 0 Å². The summed E-state index contributed by atoms with van der Waals surface area (Å²) in [5.74, 6) is 0. The second kappa shape index (κ2) is 4.73. The highest BCUT2D eigenvalue weighted by molar-refractivity contribution is 7.40. The Balaban J connectivity index is 2.84. The largest absolute Gasteiger partial charge is 0.511 e. The standard InChI is InChI=1S/C11H16NO2P/c1-3-11(2,15(13)14)8-9-4-6-10(12)7-5-9/h4-7H,3,8,12H2,1-2H3/p+1. The second-order valence-electron chi connectivity index (χ2n) is 4.04. The van der Waals surface area contributed by atoms with E-state index >= 15 is 0 Å². The third kappa shape index (κ3) is 3.01. The molecule has 0 heterocycles. The lowest BCUT2D eigenvalue weighted by molar-refractivity contribution is 0.445. The van der Waals surface area contributed by atoms with Crippen LogP contribution in [0.1, 0.15) is 25.8 Å². The second-order valence-corrected chi connectivity index (χ2v) is 5.67. The van der Waals surface area contributed by atoms with Gasteiger partial charge in [0.1, 0.15) is 0 Å². The maximum absolute atomic E-state index is 11.2. The van der Waals surface area contributed by atoms with Crippen molar-refractivity contribution < 1.29 is 9.46 Å². The molecule has 0 aliphatic heterocycles. The first-order chi connectivity index (χ1) is 6.98. The van der Waals surface area contributed by atoms with Crippen LogP contribution in [0.15, 0.2) is 24.3 Å². The molecule has 0 radical (unpaired) electrons. The fourth-order valence-corrected chi connectivity index (χ4v) is 1.99. The van der Waals surface area contributed by atoms with Crippen LogP contribution in [0.3, 0.4) is 0 Å². The van der Waals surface area contributed by atoms with Crippen LogP contribution in [0.5, 0.6) is 0 Å². The maximum atomic E-state index is 11.2. The maximum Gasteiger partial charge on any atom is 0.511 e. The number of anilines is 1. The molecule has 2 atom stereocenters. The molecule has 0 fully saturated rings. The number of benzene rings is 1. The monoisotopic (exact) mass is 226 g/mol. The molecule has 3 N–H and O–H groups in total. The van der Waals surface area contributed by atoms with E-state index in [0.29, 0.717) is 18.5 Å². The summed E-state index contributed by atoms with van der Waals surface area (Å²) in [5.41, 5.74) is 7.34. The van der Waals surface area contributed by atoms with E-state index < -0.39 is 13.2 Å². The van der Waals surface area contributed by atoms with E-state index in [2.05, 4.69) is 0 Å². The zero-order valence-corrected chi connectivity index (χ0v) is 10.00. The zero-order chi connectivity index (χ0) is 11.5. The van der Waals surface area contributed by atoms with E-state index in [1.165, 1.54) is 0 Å². The Bertz CT molecular complexity index is 350. The molecule has 82 valence electrons. The Morgan fingerprint density at radius 3 is 2.33 bits per heavy atom. The van der Waals surface area contributed by atoms with Crippen LogP contribution in [0, 0.1) is 0 Å². The summed E-state index contributed by atoms with van der Waals surface area (Å²) in [4.78, 5) is 9.27. The number of nitrogen functional groups attached to an aromatic ring is 1. The van der Waals surface area contributed by atoms with Crippen molar-refractivity contribution >= 4 is 13.7 Å². The van der Waals surface area contributed by atoms with Crippen LogP contribution < -0.4 is 5.73 Å². The van der Waals surface area contributed by atoms with Gasteiger partial charge in [-0.25, -0.2) is 0 Å². The van der Waals surface area contributed by atoms with Crippen LogP contribution in [-0.2, 0) is 11.0 Å². The molecule has 1 rings (SSSR count). The predicted molar refractivity (Wildman–Crippen MR) is 63.1 cm³/mol. The number of rotatable bonds is 4. The number of nitrogens with two attached hydrogens (primary N) is 1. The van der Waals surface area contributed by atoms with Gasteiger partial charge < -0.3 is 5.73 Å². The van der Waals surface area contributed by atoms with E-state index in [1.807, 2.05) is 38.1 Å². The molecular formula is C11H17NO2P+. The molecule has 0 aromatic heterocycles. The molecule has 0 amide bonds. The molecule has 0 aliphatic rings. The van der Waals surface area contributed by atoms with Crippen molar-refractivity contribution in [1.82, 2.24) is 0 Å². The molecule has 2 unspecified atom stereocenters. The van der Waals surface area contributed by atoms with Crippen molar-refractivity contribution in [3.8, 4) is 0 Å². The third-order valence-electron chi connectivity index (χ3n) is 2.79.